The molecule has 3 N–H and O–H groups in total. The van der Waals surface area contributed by atoms with E-state index in [1.807, 2.05) is 4.90 Å². The zero-order valence-electron chi connectivity index (χ0n) is 21.7. The number of nitrogens with zero attached hydrogens (tertiary/aromatic N) is 5. The van der Waals surface area contributed by atoms with Gasteiger partial charge in [0.05, 0.1) is 0 Å². The topological polar surface area (TPSA) is 106 Å². The molecule has 198 valence electrons. The number of fused-ring (bicyclic) bond motifs is 1. The highest BCUT2D eigenvalue weighted by molar-refractivity contribution is 5.92. The fourth-order valence-corrected chi connectivity index (χ4v) is 5.60. The molecule has 5 rings (SSSR count). The first kappa shape index (κ1) is 25.6. The van der Waals surface area contributed by atoms with E-state index in [2.05, 4.69) is 60.0 Å². The van der Waals surface area contributed by atoms with Crippen molar-refractivity contribution in [3.05, 3.63) is 53.5 Å². The number of nitrogens with one attached hydrogen (secondary N) is 3. The molecule has 3 aliphatic heterocycles. The number of anilines is 1. The van der Waals surface area contributed by atoms with Crippen LogP contribution in [0.4, 0.5) is 5.82 Å². The maximum atomic E-state index is 13.1. The lowest BCUT2D eigenvalue weighted by Crippen LogP contribution is -2.55. The smallest absolute Gasteiger partial charge is 0.270 e. The van der Waals surface area contributed by atoms with Gasteiger partial charge in [-0.25, -0.2) is 9.97 Å². The highest BCUT2D eigenvalue weighted by atomic mass is 16.2. The zero-order valence-corrected chi connectivity index (χ0v) is 21.7. The van der Waals surface area contributed by atoms with Gasteiger partial charge in [0.2, 0.25) is 5.91 Å². The molecule has 4 heterocycles. The predicted molar refractivity (Wildman–Crippen MR) is 142 cm³/mol. The average molecular weight is 507 g/mol. The van der Waals surface area contributed by atoms with Gasteiger partial charge in [-0.05, 0) is 24.0 Å². The molecular weight excluding hydrogens is 468 g/mol. The number of hydrogen-bond acceptors (Lipinski definition) is 8. The van der Waals surface area contributed by atoms with Crippen molar-refractivity contribution in [3.63, 3.8) is 0 Å². The third-order valence-corrected chi connectivity index (χ3v) is 7.73. The summed E-state index contributed by atoms with van der Waals surface area (Å²) in [6, 6.07) is 10.8. The Morgan fingerprint density at radius 1 is 1.05 bits per heavy atom. The maximum absolute atomic E-state index is 13.1. The molecule has 2 saturated heterocycles. The largest absolute Gasteiger partial charge is 0.367 e. The molecule has 0 aliphatic carbocycles. The van der Waals surface area contributed by atoms with Gasteiger partial charge < -0.3 is 20.9 Å². The summed E-state index contributed by atoms with van der Waals surface area (Å²) in [7, 11) is 0. The Morgan fingerprint density at radius 3 is 2.43 bits per heavy atom. The standard InChI is InChI=1S/C27H38N8O2/c1-20(36)34-10-6-23(7-11-34)32-26-14-25(30-19-31-26)27(37)29-15-24(35-12-8-28-9-13-35)18-33-16-21-4-2-3-5-22(21)17-33/h2-5,14,19,23-24,28H,6-13,15-18H2,1H3,(H,29,37)(H,30,31,32). The molecule has 1 aromatic carbocycles. The van der Waals surface area contributed by atoms with Gasteiger partial charge in [0, 0.05) is 90.5 Å². The second kappa shape index (κ2) is 12.0. The molecule has 0 bridgehead atoms. The lowest BCUT2D eigenvalue weighted by atomic mass is 10.1. The number of likely N-dealkylation sites (tertiary alicyclic amines) is 1. The summed E-state index contributed by atoms with van der Waals surface area (Å²) >= 11 is 0. The van der Waals surface area contributed by atoms with Crippen LogP contribution in [0.2, 0.25) is 0 Å². The molecule has 0 radical (unpaired) electrons. The van der Waals surface area contributed by atoms with Crippen LogP contribution in [0.5, 0.6) is 0 Å². The first-order chi connectivity index (χ1) is 18.0. The monoisotopic (exact) mass is 506 g/mol. The van der Waals surface area contributed by atoms with Crippen LogP contribution < -0.4 is 16.0 Å². The fraction of sp³-hybridized carbons (Fsp3) is 0.556. The van der Waals surface area contributed by atoms with Crippen molar-refractivity contribution < 1.29 is 9.59 Å². The molecule has 2 amide bonds. The van der Waals surface area contributed by atoms with Crippen LogP contribution in [0.1, 0.15) is 41.4 Å². The van der Waals surface area contributed by atoms with Crippen molar-refractivity contribution in [1.29, 1.82) is 0 Å². The number of benzene rings is 1. The number of piperazine rings is 1. The van der Waals surface area contributed by atoms with Crippen LogP contribution in [0, 0.1) is 0 Å². The van der Waals surface area contributed by atoms with Crippen LogP contribution in [0.15, 0.2) is 36.7 Å². The lowest BCUT2D eigenvalue weighted by molar-refractivity contribution is -0.129. The van der Waals surface area contributed by atoms with E-state index < -0.39 is 0 Å². The number of hydrogen-bond donors (Lipinski definition) is 3. The van der Waals surface area contributed by atoms with Crippen molar-refractivity contribution in [2.75, 3.05) is 57.7 Å². The van der Waals surface area contributed by atoms with E-state index in [0.717, 1.165) is 71.7 Å². The zero-order chi connectivity index (χ0) is 25.6. The van der Waals surface area contributed by atoms with Crippen molar-refractivity contribution in [1.82, 2.24) is 35.3 Å². The number of amides is 2. The second-order valence-electron chi connectivity index (χ2n) is 10.3. The summed E-state index contributed by atoms with van der Waals surface area (Å²) in [6.07, 6.45) is 3.16. The normalized spacial score (nSPS) is 19.9. The minimum Gasteiger partial charge on any atom is -0.367 e. The summed E-state index contributed by atoms with van der Waals surface area (Å²) in [5, 5.41) is 10.00. The van der Waals surface area contributed by atoms with Gasteiger partial charge in [0.1, 0.15) is 17.8 Å². The van der Waals surface area contributed by atoms with E-state index in [1.54, 1.807) is 13.0 Å². The molecule has 1 aromatic heterocycles. The van der Waals surface area contributed by atoms with Crippen LogP contribution in [-0.2, 0) is 17.9 Å². The Kier molecular flexibility index (Phi) is 8.28. The van der Waals surface area contributed by atoms with Gasteiger partial charge in [-0.2, -0.15) is 0 Å². The van der Waals surface area contributed by atoms with E-state index in [4.69, 9.17) is 0 Å². The van der Waals surface area contributed by atoms with Gasteiger partial charge in [-0.1, -0.05) is 24.3 Å². The SMILES string of the molecule is CC(=O)N1CCC(Nc2cc(C(=O)NCC(CN3Cc4ccccc4C3)N3CCNCC3)ncn2)CC1. The molecular formula is C27H38N8O2. The van der Waals surface area contributed by atoms with Gasteiger partial charge >= 0.3 is 0 Å². The summed E-state index contributed by atoms with van der Waals surface area (Å²) < 4.78 is 0. The lowest BCUT2D eigenvalue weighted by Gasteiger charge is -2.37. The Hall–Kier alpha value is -3.08. The second-order valence-corrected chi connectivity index (χ2v) is 10.3. The molecule has 10 heteroatoms. The molecule has 1 atom stereocenters. The summed E-state index contributed by atoms with van der Waals surface area (Å²) in [5.41, 5.74) is 3.17. The summed E-state index contributed by atoms with van der Waals surface area (Å²) in [5.74, 6) is 0.587. The molecule has 2 fully saturated rings. The number of rotatable bonds is 8. The van der Waals surface area contributed by atoms with Crippen molar-refractivity contribution in [3.8, 4) is 0 Å². The molecule has 2 aromatic rings. The average Bonchev–Trinajstić information content (AvgIpc) is 3.34. The van der Waals surface area contributed by atoms with Gasteiger partial charge in [-0.3, -0.25) is 19.4 Å². The number of carbonyl (C=O) groups excluding carboxylic acids is 2. The van der Waals surface area contributed by atoms with E-state index in [-0.39, 0.29) is 23.9 Å². The summed E-state index contributed by atoms with van der Waals surface area (Å²) in [4.78, 5) is 40.1. The predicted octanol–water partition coefficient (Wildman–Crippen LogP) is 0.919. The first-order valence-electron chi connectivity index (χ1n) is 13.4. The quantitative estimate of drug-likeness (QED) is 0.486. The molecule has 0 spiro atoms. The minimum atomic E-state index is -0.179. The van der Waals surface area contributed by atoms with Gasteiger partial charge in [0.25, 0.3) is 5.91 Å². The van der Waals surface area contributed by atoms with E-state index in [1.165, 1.54) is 17.5 Å². The number of piperidine rings is 1. The highest BCUT2D eigenvalue weighted by Gasteiger charge is 2.27. The molecule has 1 unspecified atom stereocenters. The number of carbonyl (C=O) groups is 2. The van der Waals surface area contributed by atoms with Crippen LogP contribution in [0.25, 0.3) is 0 Å². The van der Waals surface area contributed by atoms with Crippen LogP contribution in [0.3, 0.4) is 0 Å². The van der Waals surface area contributed by atoms with Crippen molar-refractivity contribution in [2.45, 2.75) is 44.9 Å². The van der Waals surface area contributed by atoms with E-state index in [9.17, 15) is 9.59 Å². The molecule has 10 nitrogen and oxygen atoms in total. The number of aromatic nitrogens is 2. The third-order valence-electron chi connectivity index (χ3n) is 7.73. The van der Waals surface area contributed by atoms with Crippen molar-refractivity contribution >= 4 is 17.6 Å². The van der Waals surface area contributed by atoms with Crippen LogP contribution >= 0.6 is 0 Å². The Balaban J connectivity index is 1.17. The maximum Gasteiger partial charge on any atom is 0.270 e. The molecule has 3 aliphatic rings. The van der Waals surface area contributed by atoms with E-state index in [0.29, 0.717) is 18.1 Å². The summed E-state index contributed by atoms with van der Waals surface area (Å²) in [6.45, 7) is 10.4. The molecule has 37 heavy (non-hydrogen) atoms. The van der Waals surface area contributed by atoms with Gasteiger partial charge in [0.15, 0.2) is 0 Å². The van der Waals surface area contributed by atoms with Crippen LogP contribution in [-0.4, -0.2) is 101 Å². The molecule has 0 saturated carbocycles. The highest BCUT2D eigenvalue weighted by Crippen LogP contribution is 2.23. The Labute approximate surface area is 218 Å². The fourth-order valence-electron chi connectivity index (χ4n) is 5.60. The Bertz CT molecular complexity index is 1060. The van der Waals surface area contributed by atoms with Crippen molar-refractivity contribution in [2.24, 2.45) is 0 Å². The van der Waals surface area contributed by atoms with Gasteiger partial charge in [-0.15, -0.1) is 0 Å². The first-order valence-corrected chi connectivity index (χ1v) is 13.4. The van der Waals surface area contributed by atoms with E-state index >= 15 is 0 Å². The Morgan fingerprint density at radius 2 is 1.76 bits per heavy atom. The minimum absolute atomic E-state index is 0.118. The third kappa shape index (κ3) is 6.63.